The molecule has 6 N–H and O–H groups in total. The summed E-state index contributed by atoms with van der Waals surface area (Å²) in [5.74, 6) is 0. The average Bonchev–Trinajstić information content (AvgIpc) is 3.07. The number of hydrogen-bond acceptors (Lipinski definition) is 15. The quantitative estimate of drug-likeness (QED) is 0.126. The van der Waals surface area contributed by atoms with Crippen molar-refractivity contribution in [2.24, 2.45) is 0 Å². The fraction of sp³-hybridized carbons (Fsp3) is 0.438. The van der Waals surface area contributed by atoms with Crippen LogP contribution in [0, 0.1) is 0 Å². The highest BCUT2D eigenvalue weighted by atomic mass is 35.5. The minimum atomic E-state index is -1.60. The van der Waals surface area contributed by atoms with Crippen LogP contribution >= 0.6 is 35.0 Å². The van der Waals surface area contributed by atoms with Crippen LogP contribution < -0.4 is 11.3 Å². The monoisotopic (exact) mass is 742 g/mol. The molecule has 4 heterocycles. The van der Waals surface area contributed by atoms with E-state index in [1.165, 1.54) is 24.3 Å². The zero-order valence-corrected chi connectivity index (χ0v) is 27.7. The summed E-state index contributed by atoms with van der Waals surface area (Å²) in [5.41, 5.74) is -3.29. The Morgan fingerprint density at radius 2 is 1.04 bits per heavy atom. The molecule has 0 amide bonds. The predicted molar refractivity (Wildman–Crippen MR) is 175 cm³/mol. The van der Waals surface area contributed by atoms with Gasteiger partial charge < -0.3 is 58.4 Å². The van der Waals surface area contributed by atoms with Crippen LogP contribution in [-0.4, -0.2) is 104 Å². The summed E-state index contributed by atoms with van der Waals surface area (Å²) in [6, 6.07) is 12.4. The van der Waals surface area contributed by atoms with Gasteiger partial charge in [0, 0.05) is 20.8 Å². The van der Waals surface area contributed by atoms with Gasteiger partial charge in [-0.05, 0) is 48.5 Å². The van der Waals surface area contributed by atoms with Crippen LogP contribution in [0.3, 0.4) is 0 Å². The standard InChI is InChI=1S/C32H32Cl2O14S/c33-17-1-3-19-13(7-17)5-15(29(41)45-19)11-43-27-23(37)21(9-35)47-31(25(27)39)49-32-26(40)28(24(38)22(10-36)48-32)44-12-16-6-14-8-18(34)2-4-20(14)46-30(16)42/h1-8,21-28,31-32,35-40H,9-12H2/t21?,22?,23-,24-,25+,26?,27?,28-,31-,32-/m0/s1. The van der Waals surface area contributed by atoms with Gasteiger partial charge in [0.15, 0.2) is 0 Å². The van der Waals surface area contributed by atoms with Crippen molar-refractivity contribution in [3.05, 3.63) is 90.5 Å². The summed E-state index contributed by atoms with van der Waals surface area (Å²) >= 11 is 12.8. The number of thioether (sulfide) groups is 1. The molecule has 2 fully saturated rings. The van der Waals surface area contributed by atoms with Crippen LogP contribution in [0.2, 0.25) is 10.0 Å². The molecular formula is C32H32Cl2O14S. The predicted octanol–water partition coefficient (Wildman–Crippen LogP) is 1.29. The maximum absolute atomic E-state index is 12.6. The molecule has 4 aromatic rings. The number of aliphatic hydroxyl groups is 6. The lowest BCUT2D eigenvalue weighted by Gasteiger charge is -2.46. The molecule has 0 aliphatic carbocycles. The van der Waals surface area contributed by atoms with E-state index in [9.17, 15) is 40.2 Å². The van der Waals surface area contributed by atoms with Crippen LogP contribution in [0.4, 0.5) is 0 Å². The lowest BCUT2D eigenvalue weighted by molar-refractivity contribution is -0.231. The molecule has 2 aromatic carbocycles. The Morgan fingerprint density at radius 3 is 1.43 bits per heavy atom. The molecule has 17 heteroatoms. The molecule has 0 radical (unpaired) electrons. The van der Waals surface area contributed by atoms with Gasteiger partial charge >= 0.3 is 11.3 Å². The van der Waals surface area contributed by atoms with E-state index in [0.29, 0.717) is 32.0 Å². The number of rotatable bonds is 10. The van der Waals surface area contributed by atoms with Gasteiger partial charge in [-0.3, -0.25) is 0 Å². The minimum Gasteiger partial charge on any atom is -0.422 e. The van der Waals surface area contributed by atoms with Gasteiger partial charge in [-0.15, -0.1) is 0 Å². The topological polar surface area (TPSA) is 219 Å². The van der Waals surface area contributed by atoms with Gasteiger partial charge in [-0.25, -0.2) is 9.59 Å². The summed E-state index contributed by atoms with van der Waals surface area (Å²) in [6.45, 7) is -2.16. The molecular weight excluding hydrogens is 711 g/mol. The van der Waals surface area contributed by atoms with E-state index in [2.05, 4.69) is 0 Å². The molecule has 0 bridgehead atoms. The number of halogens is 2. The zero-order chi connectivity index (χ0) is 35.0. The van der Waals surface area contributed by atoms with E-state index in [1.807, 2.05) is 0 Å². The van der Waals surface area contributed by atoms with E-state index < -0.39 is 97.4 Å². The summed E-state index contributed by atoms with van der Waals surface area (Å²) < 4.78 is 33.7. The normalized spacial score (nSPS) is 30.6. The Morgan fingerprint density at radius 1 is 0.633 bits per heavy atom. The summed E-state index contributed by atoms with van der Waals surface area (Å²) in [6.07, 6.45) is -11.6. The minimum absolute atomic E-state index is 0.0692. The lowest BCUT2D eigenvalue weighted by atomic mass is 9.99. The van der Waals surface area contributed by atoms with Gasteiger partial charge in [-0.2, -0.15) is 0 Å². The second kappa shape index (κ2) is 15.3. The van der Waals surface area contributed by atoms with Crippen molar-refractivity contribution in [2.45, 2.75) is 72.9 Å². The molecule has 2 saturated heterocycles. The molecule has 49 heavy (non-hydrogen) atoms. The molecule has 264 valence electrons. The maximum atomic E-state index is 12.6. The van der Waals surface area contributed by atoms with Crippen molar-refractivity contribution in [1.82, 2.24) is 0 Å². The zero-order valence-electron chi connectivity index (χ0n) is 25.3. The third-order valence-electron chi connectivity index (χ3n) is 8.31. The van der Waals surface area contributed by atoms with Crippen LogP contribution in [0.5, 0.6) is 0 Å². The van der Waals surface area contributed by atoms with Crippen LogP contribution in [0.1, 0.15) is 11.1 Å². The SMILES string of the molecule is O=c1oc2ccc(Cl)cc2cc1COC1[C@@H](O)C(CO)O[C@@H](S[C@@H]2OC(CO)[C@H](O)[C@H](OCc3cc4cc(Cl)ccc4oc3=O)C2O)[C@@H]1O. The summed E-state index contributed by atoms with van der Waals surface area (Å²) in [7, 11) is 0. The number of benzene rings is 2. The molecule has 0 spiro atoms. The highest BCUT2D eigenvalue weighted by Gasteiger charge is 2.51. The van der Waals surface area contributed by atoms with Crippen molar-refractivity contribution in [3.8, 4) is 0 Å². The van der Waals surface area contributed by atoms with Gasteiger partial charge in [0.1, 0.15) is 70.9 Å². The molecule has 6 rings (SSSR count). The third kappa shape index (κ3) is 7.69. The molecule has 10 atom stereocenters. The van der Waals surface area contributed by atoms with Crippen molar-refractivity contribution < 1.29 is 58.4 Å². The van der Waals surface area contributed by atoms with Gasteiger partial charge in [-0.1, -0.05) is 35.0 Å². The first-order valence-electron chi connectivity index (χ1n) is 15.1. The van der Waals surface area contributed by atoms with Gasteiger partial charge in [0.2, 0.25) is 0 Å². The fourth-order valence-corrected chi connectivity index (χ4v) is 7.38. The Bertz CT molecular complexity index is 1770. The van der Waals surface area contributed by atoms with Crippen molar-refractivity contribution in [3.63, 3.8) is 0 Å². The number of fused-ring (bicyclic) bond motifs is 2. The Balaban J connectivity index is 1.17. The number of aliphatic hydroxyl groups excluding tert-OH is 6. The summed E-state index contributed by atoms with van der Waals surface area (Å²) in [5, 5.41) is 66.0. The first-order chi connectivity index (χ1) is 23.5. The summed E-state index contributed by atoms with van der Waals surface area (Å²) in [4.78, 5) is 25.2. The molecule has 14 nitrogen and oxygen atoms in total. The van der Waals surface area contributed by atoms with Crippen LogP contribution in [-0.2, 0) is 32.2 Å². The first kappa shape index (κ1) is 36.2. The van der Waals surface area contributed by atoms with E-state index >= 15 is 0 Å². The van der Waals surface area contributed by atoms with Crippen molar-refractivity contribution in [2.75, 3.05) is 13.2 Å². The Kier molecular flexibility index (Phi) is 11.3. The second-order valence-electron chi connectivity index (χ2n) is 11.6. The molecule has 2 aromatic heterocycles. The maximum Gasteiger partial charge on any atom is 0.341 e. The van der Waals surface area contributed by atoms with Gasteiger partial charge in [0.25, 0.3) is 0 Å². The first-order valence-corrected chi connectivity index (χ1v) is 16.8. The van der Waals surface area contributed by atoms with Crippen molar-refractivity contribution in [1.29, 1.82) is 0 Å². The molecule has 0 saturated carbocycles. The smallest absolute Gasteiger partial charge is 0.341 e. The molecule has 2 aliphatic rings. The Hall–Kier alpha value is -2.61. The molecule has 2 aliphatic heterocycles. The third-order valence-corrected chi connectivity index (χ3v) is 10.1. The fourth-order valence-electron chi connectivity index (χ4n) is 5.70. The number of ether oxygens (including phenoxy) is 4. The lowest BCUT2D eigenvalue weighted by Crippen LogP contribution is -2.61. The largest absolute Gasteiger partial charge is 0.422 e. The molecule has 4 unspecified atom stereocenters. The van der Waals surface area contributed by atoms with Gasteiger partial charge in [0.05, 0.1) is 37.6 Å². The average molecular weight is 744 g/mol. The van der Waals surface area contributed by atoms with E-state index in [4.69, 9.17) is 51.0 Å². The van der Waals surface area contributed by atoms with E-state index in [0.717, 1.165) is 11.8 Å². The van der Waals surface area contributed by atoms with E-state index in [1.54, 1.807) is 24.3 Å². The highest BCUT2D eigenvalue weighted by Crippen LogP contribution is 2.38. The number of hydrogen-bond donors (Lipinski definition) is 6. The van der Waals surface area contributed by atoms with Crippen LogP contribution in [0.25, 0.3) is 21.9 Å². The van der Waals surface area contributed by atoms with Crippen molar-refractivity contribution >= 4 is 56.9 Å². The Labute approximate surface area is 291 Å². The second-order valence-corrected chi connectivity index (χ2v) is 13.7. The highest BCUT2D eigenvalue weighted by molar-refractivity contribution is 8.00. The van der Waals surface area contributed by atoms with E-state index in [-0.39, 0.29) is 11.1 Å². The van der Waals surface area contributed by atoms with Crippen LogP contribution in [0.15, 0.2) is 67.0 Å².